The minimum atomic E-state index is -0.111. The fraction of sp³-hybridized carbons (Fsp3) is 0.316. The van der Waals surface area contributed by atoms with Crippen LogP contribution in [0.1, 0.15) is 29.0 Å². The van der Waals surface area contributed by atoms with Gasteiger partial charge in [-0.3, -0.25) is 4.79 Å². The second-order valence-corrected chi connectivity index (χ2v) is 5.97. The maximum absolute atomic E-state index is 11.5. The molecule has 1 aliphatic rings. The fourth-order valence-corrected chi connectivity index (χ4v) is 2.89. The van der Waals surface area contributed by atoms with Gasteiger partial charge in [-0.1, -0.05) is 18.2 Å². The second-order valence-electron chi connectivity index (χ2n) is 5.97. The van der Waals surface area contributed by atoms with Gasteiger partial charge in [0.1, 0.15) is 11.5 Å². The standard InChI is InChI=1S/C19H20O3/c1-12-8-13(2)10-16(9-12)22-15-6-4-14(5-7-15)17-11-18(17)19(20)21-3/h4-10,17-18H,11H2,1-3H3/t17-,18+/m0/s1. The lowest BCUT2D eigenvalue weighted by Crippen LogP contribution is -2.03. The van der Waals surface area contributed by atoms with E-state index < -0.39 is 0 Å². The number of hydrogen-bond acceptors (Lipinski definition) is 3. The van der Waals surface area contributed by atoms with Gasteiger partial charge in [-0.2, -0.15) is 0 Å². The summed E-state index contributed by atoms with van der Waals surface area (Å²) in [6.45, 7) is 4.12. The first-order valence-electron chi connectivity index (χ1n) is 7.51. The number of benzene rings is 2. The molecule has 0 unspecified atom stereocenters. The molecule has 0 heterocycles. The van der Waals surface area contributed by atoms with Crippen molar-refractivity contribution in [1.29, 1.82) is 0 Å². The molecule has 0 spiro atoms. The molecule has 1 aliphatic carbocycles. The number of aryl methyl sites for hydroxylation is 2. The van der Waals surface area contributed by atoms with E-state index in [1.165, 1.54) is 23.8 Å². The van der Waals surface area contributed by atoms with Gasteiger partial charge in [0, 0.05) is 0 Å². The highest BCUT2D eigenvalue weighted by Crippen LogP contribution is 2.48. The molecule has 3 rings (SSSR count). The summed E-state index contributed by atoms with van der Waals surface area (Å²) in [5.41, 5.74) is 3.54. The van der Waals surface area contributed by atoms with E-state index in [0.717, 1.165) is 17.9 Å². The van der Waals surface area contributed by atoms with E-state index in [1.807, 2.05) is 36.4 Å². The van der Waals surface area contributed by atoms with Crippen molar-refractivity contribution in [2.45, 2.75) is 26.2 Å². The molecule has 0 aromatic heterocycles. The van der Waals surface area contributed by atoms with Crippen LogP contribution in [0.3, 0.4) is 0 Å². The van der Waals surface area contributed by atoms with Gasteiger partial charge in [0.15, 0.2) is 0 Å². The van der Waals surface area contributed by atoms with Crippen LogP contribution in [0.5, 0.6) is 11.5 Å². The molecule has 2 atom stereocenters. The summed E-state index contributed by atoms with van der Waals surface area (Å²) in [4.78, 5) is 11.5. The number of rotatable bonds is 4. The highest BCUT2D eigenvalue weighted by molar-refractivity contribution is 5.77. The van der Waals surface area contributed by atoms with Crippen LogP contribution in [0.25, 0.3) is 0 Å². The molecule has 2 aromatic carbocycles. The van der Waals surface area contributed by atoms with Crippen LogP contribution in [0.2, 0.25) is 0 Å². The van der Waals surface area contributed by atoms with Crippen molar-refractivity contribution in [1.82, 2.24) is 0 Å². The van der Waals surface area contributed by atoms with Crippen molar-refractivity contribution in [3.05, 3.63) is 59.2 Å². The Balaban J connectivity index is 1.69. The third kappa shape index (κ3) is 3.14. The van der Waals surface area contributed by atoms with E-state index in [2.05, 4.69) is 19.9 Å². The molecule has 1 saturated carbocycles. The third-order valence-corrected chi connectivity index (χ3v) is 4.03. The molecule has 22 heavy (non-hydrogen) atoms. The topological polar surface area (TPSA) is 35.5 Å². The zero-order valence-electron chi connectivity index (χ0n) is 13.1. The number of ether oxygens (including phenoxy) is 2. The third-order valence-electron chi connectivity index (χ3n) is 4.03. The smallest absolute Gasteiger partial charge is 0.309 e. The van der Waals surface area contributed by atoms with Gasteiger partial charge < -0.3 is 9.47 Å². The Kier molecular flexibility index (Phi) is 3.88. The molecule has 0 aliphatic heterocycles. The van der Waals surface area contributed by atoms with Crippen molar-refractivity contribution < 1.29 is 14.3 Å². The van der Waals surface area contributed by atoms with Crippen molar-refractivity contribution >= 4 is 5.97 Å². The Bertz CT molecular complexity index is 668. The number of carbonyl (C=O) groups is 1. The highest BCUT2D eigenvalue weighted by atomic mass is 16.5. The predicted octanol–water partition coefficient (Wildman–Crippen LogP) is 4.37. The zero-order chi connectivity index (χ0) is 15.7. The molecule has 3 nitrogen and oxygen atoms in total. The summed E-state index contributed by atoms with van der Waals surface area (Å²) >= 11 is 0. The van der Waals surface area contributed by atoms with Crippen LogP contribution in [-0.2, 0) is 9.53 Å². The summed E-state index contributed by atoms with van der Waals surface area (Å²) < 4.78 is 10.7. The first-order chi connectivity index (χ1) is 10.6. The van der Waals surface area contributed by atoms with Crippen LogP contribution in [0, 0.1) is 19.8 Å². The van der Waals surface area contributed by atoms with Crippen LogP contribution in [0.4, 0.5) is 0 Å². The van der Waals surface area contributed by atoms with Crippen LogP contribution < -0.4 is 4.74 Å². The number of methoxy groups -OCH3 is 1. The summed E-state index contributed by atoms with van der Waals surface area (Å²) in [5.74, 6) is 1.87. The summed E-state index contributed by atoms with van der Waals surface area (Å²) in [6, 6.07) is 14.1. The van der Waals surface area contributed by atoms with E-state index >= 15 is 0 Å². The van der Waals surface area contributed by atoms with Gasteiger partial charge in [-0.05, 0) is 67.1 Å². The van der Waals surface area contributed by atoms with Gasteiger partial charge >= 0.3 is 5.97 Å². The normalized spacial score (nSPS) is 19.6. The van der Waals surface area contributed by atoms with Crippen molar-refractivity contribution in [3.63, 3.8) is 0 Å². The molecule has 3 heteroatoms. The summed E-state index contributed by atoms with van der Waals surface area (Å²) in [7, 11) is 1.44. The lowest BCUT2D eigenvalue weighted by Gasteiger charge is -2.08. The Morgan fingerprint density at radius 3 is 2.23 bits per heavy atom. The largest absolute Gasteiger partial charge is 0.469 e. The van der Waals surface area contributed by atoms with Crippen molar-refractivity contribution in [2.75, 3.05) is 7.11 Å². The maximum atomic E-state index is 11.5. The first kappa shape index (κ1) is 14.6. The molecule has 1 fully saturated rings. The number of carbonyl (C=O) groups excluding carboxylic acids is 1. The Hall–Kier alpha value is -2.29. The molecule has 0 saturated heterocycles. The second kappa shape index (κ2) is 5.84. The molecule has 2 aromatic rings. The Morgan fingerprint density at radius 2 is 1.64 bits per heavy atom. The first-order valence-corrected chi connectivity index (χ1v) is 7.51. The quantitative estimate of drug-likeness (QED) is 0.786. The minimum absolute atomic E-state index is 0.0243. The van der Waals surface area contributed by atoms with E-state index in [4.69, 9.17) is 9.47 Å². The monoisotopic (exact) mass is 296 g/mol. The van der Waals surface area contributed by atoms with Gasteiger partial charge in [-0.15, -0.1) is 0 Å². The Labute approximate surface area is 130 Å². The van der Waals surface area contributed by atoms with Crippen LogP contribution >= 0.6 is 0 Å². The Morgan fingerprint density at radius 1 is 1.00 bits per heavy atom. The van der Waals surface area contributed by atoms with Crippen LogP contribution in [-0.4, -0.2) is 13.1 Å². The average molecular weight is 296 g/mol. The summed E-state index contributed by atoms with van der Waals surface area (Å²) in [5, 5.41) is 0. The minimum Gasteiger partial charge on any atom is -0.469 e. The lowest BCUT2D eigenvalue weighted by atomic mass is 10.1. The summed E-state index contributed by atoms with van der Waals surface area (Å²) in [6.07, 6.45) is 0.879. The molecule has 0 amide bonds. The van der Waals surface area contributed by atoms with Gasteiger partial charge in [-0.25, -0.2) is 0 Å². The lowest BCUT2D eigenvalue weighted by molar-refractivity contribution is -0.142. The van der Waals surface area contributed by atoms with Crippen LogP contribution in [0.15, 0.2) is 42.5 Å². The number of esters is 1. The van der Waals surface area contributed by atoms with Gasteiger partial charge in [0.2, 0.25) is 0 Å². The van der Waals surface area contributed by atoms with Crippen molar-refractivity contribution in [3.8, 4) is 11.5 Å². The van der Waals surface area contributed by atoms with Gasteiger partial charge in [0.25, 0.3) is 0 Å². The van der Waals surface area contributed by atoms with Gasteiger partial charge in [0.05, 0.1) is 13.0 Å². The molecule has 0 bridgehead atoms. The van der Waals surface area contributed by atoms with Crippen molar-refractivity contribution in [2.24, 2.45) is 5.92 Å². The highest BCUT2D eigenvalue weighted by Gasteiger charge is 2.44. The number of hydrogen-bond donors (Lipinski definition) is 0. The van der Waals surface area contributed by atoms with E-state index in [-0.39, 0.29) is 11.9 Å². The SMILES string of the molecule is COC(=O)[C@@H]1C[C@H]1c1ccc(Oc2cc(C)cc(C)c2)cc1. The van der Waals surface area contributed by atoms with E-state index in [1.54, 1.807) is 0 Å². The predicted molar refractivity (Wildman–Crippen MR) is 85.3 cm³/mol. The van der Waals surface area contributed by atoms with E-state index in [0.29, 0.717) is 5.92 Å². The zero-order valence-corrected chi connectivity index (χ0v) is 13.1. The molecular formula is C19H20O3. The van der Waals surface area contributed by atoms with E-state index in [9.17, 15) is 4.79 Å². The maximum Gasteiger partial charge on any atom is 0.309 e. The fourth-order valence-electron chi connectivity index (χ4n) is 2.89. The molecule has 0 N–H and O–H groups in total. The average Bonchev–Trinajstić information content (AvgIpc) is 3.26. The molecule has 0 radical (unpaired) electrons. The molecular weight excluding hydrogens is 276 g/mol. The molecule has 114 valence electrons.